The highest BCUT2D eigenvalue weighted by molar-refractivity contribution is 7.98. The molecule has 1 N–H and O–H groups in total. The van der Waals surface area contributed by atoms with E-state index in [1.807, 2.05) is 35.3 Å². The second kappa shape index (κ2) is 6.47. The molecule has 3 aromatic rings. The lowest BCUT2D eigenvalue weighted by molar-refractivity contribution is 0.0856. The molecule has 2 aliphatic heterocycles. The average molecular weight is 434 g/mol. The molecule has 1 unspecified atom stereocenters. The summed E-state index contributed by atoms with van der Waals surface area (Å²) >= 11 is 1.47. The minimum atomic E-state index is -0.604. The Hall–Kier alpha value is -3.06. The van der Waals surface area contributed by atoms with Gasteiger partial charge in [-0.15, -0.1) is 11.8 Å². The molecule has 3 heterocycles. The molecule has 0 saturated heterocycles. The summed E-state index contributed by atoms with van der Waals surface area (Å²) in [6.07, 6.45) is 2.97. The highest BCUT2D eigenvalue weighted by Crippen LogP contribution is 2.54. The number of fused-ring (bicyclic) bond motifs is 3. The predicted molar refractivity (Wildman–Crippen MR) is 116 cm³/mol. The lowest BCUT2D eigenvalue weighted by Crippen LogP contribution is -2.51. The molecule has 1 saturated carbocycles. The fourth-order valence-electron chi connectivity index (χ4n) is 4.87. The Morgan fingerprint density at radius 1 is 1.03 bits per heavy atom. The third-order valence-corrected chi connectivity index (χ3v) is 7.83. The first-order valence-electron chi connectivity index (χ1n) is 10.3. The first-order chi connectivity index (χ1) is 15.0. The molecule has 0 amide bonds. The van der Waals surface area contributed by atoms with Gasteiger partial charge in [0.2, 0.25) is 5.43 Å². The standard InChI is InChI=1S/C24H19FN2O3S/c25-17-7-3-6-16-19(15-5-2-1-4-14(15)12-31-22(16)17)27-13-24(9-10-24)23(30)20-21(29)18(28)8-11-26(20)27/h1-8,11,19,29H,9-10,12-13H2. The zero-order valence-electron chi connectivity index (χ0n) is 16.5. The van der Waals surface area contributed by atoms with Crippen LogP contribution in [-0.2, 0) is 5.75 Å². The molecule has 6 rings (SSSR count). The molecule has 0 radical (unpaired) electrons. The second-order valence-corrected chi connectivity index (χ2v) is 9.46. The van der Waals surface area contributed by atoms with Gasteiger partial charge in [0, 0.05) is 29.5 Å². The lowest BCUT2D eigenvalue weighted by Gasteiger charge is -2.43. The number of aromatic hydroxyl groups is 1. The van der Waals surface area contributed by atoms with Crippen LogP contribution in [0.5, 0.6) is 5.75 Å². The number of hydrogen-bond acceptors (Lipinski definition) is 5. The summed E-state index contributed by atoms with van der Waals surface area (Å²) in [5, 5.41) is 12.6. The SMILES string of the molecule is O=C1c2c(O)c(=O)ccn2N(C2c3ccccc3CSc3c(F)cccc32)CC12CC2. The number of pyridine rings is 1. The Labute approximate surface area is 182 Å². The molecule has 7 heteroatoms. The van der Waals surface area contributed by atoms with Crippen LogP contribution in [0.1, 0.15) is 46.1 Å². The van der Waals surface area contributed by atoms with E-state index in [9.17, 15) is 19.1 Å². The Morgan fingerprint density at radius 3 is 2.61 bits per heavy atom. The van der Waals surface area contributed by atoms with Crippen LogP contribution in [0.3, 0.4) is 0 Å². The zero-order chi connectivity index (χ0) is 21.3. The number of carbonyl (C=O) groups is 1. The largest absolute Gasteiger partial charge is 0.503 e. The lowest BCUT2D eigenvalue weighted by atomic mass is 9.90. The minimum absolute atomic E-state index is 0.0311. The van der Waals surface area contributed by atoms with Gasteiger partial charge >= 0.3 is 0 Å². The summed E-state index contributed by atoms with van der Waals surface area (Å²) in [5.41, 5.74) is 1.82. The fourth-order valence-corrected chi connectivity index (χ4v) is 5.98. The van der Waals surface area contributed by atoms with Crippen molar-refractivity contribution >= 4 is 17.5 Å². The Kier molecular flexibility index (Phi) is 3.90. The summed E-state index contributed by atoms with van der Waals surface area (Å²) in [6, 6.07) is 14.0. The number of thioether (sulfide) groups is 1. The van der Waals surface area contributed by atoms with Crippen molar-refractivity contribution in [2.75, 3.05) is 11.6 Å². The molecular formula is C24H19FN2O3S. The number of ketones is 1. The van der Waals surface area contributed by atoms with Crippen molar-refractivity contribution in [1.82, 2.24) is 4.68 Å². The molecule has 1 spiro atoms. The van der Waals surface area contributed by atoms with Crippen molar-refractivity contribution in [3.63, 3.8) is 0 Å². The van der Waals surface area contributed by atoms with Gasteiger partial charge in [0.1, 0.15) is 5.82 Å². The summed E-state index contributed by atoms with van der Waals surface area (Å²) in [7, 11) is 0. The monoisotopic (exact) mass is 434 g/mol. The van der Waals surface area contributed by atoms with Crippen LogP contribution < -0.4 is 10.4 Å². The quantitative estimate of drug-likeness (QED) is 0.627. The second-order valence-electron chi connectivity index (χ2n) is 8.48. The number of halogens is 1. The van der Waals surface area contributed by atoms with Gasteiger partial charge in [-0.2, -0.15) is 0 Å². The molecule has 156 valence electrons. The van der Waals surface area contributed by atoms with Crippen LogP contribution in [0.2, 0.25) is 0 Å². The van der Waals surface area contributed by atoms with Crippen molar-refractivity contribution in [3.8, 4) is 5.75 Å². The number of benzene rings is 2. The highest BCUT2D eigenvalue weighted by atomic mass is 32.2. The van der Waals surface area contributed by atoms with E-state index in [2.05, 4.69) is 0 Å². The maximum Gasteiger partial charge on any atom is 0.224 e. The van der Waals surface area contributed by atoms with Crippen molar-refractivity contribution in [3.05, 3.63) is 93.2 Å². The molecule has 1 atom stereocenters. The third-order valence-electron chi connectivity index (χ3n) is 6.66. The van der Waals surface area contributed by atoms with Gasteiger partial charge in [-0.25, -0.2) is 4.39 Å². The van der Waals surface area contributed by atoms with Crippen LogP contribution in [-0.4, -0.2) is 22.1 Å². The first kappa shape index (κ1) is 18.7. The summed E-state index contributed by atoms with van der Waals surface area (Å²) < 4.78 is 16.5. The molecule has 31 heavy (non-hydrogen) atoms. The molecule has 0 bridgehead atoms. The number of rotatable bonds is 1. The van der Waals surface area contributed by atoms with E-state index < -0.39 is 16.6 Å². The number of Topliss-reactive ketones (excluding diaryl/α,β-unsaturated/α-hetero) is 1. The molecule has 2 aromatic carbocycles. The van der Waals surface area contributed by atoms with Gasteiger partial charge in [0.05, 0.1) is 11.5 Å². The number of nitrogens with zero attached hydrogens (tertiary/aromatic N) is 2. The van der Waals surface area contributed by atoms with E-state index in [1.54, 1.807) is 16.9 Å². The van der Waals surface area contributed by atoms with Crippen LogP contribution >= 0.6 is 11.8 Å². The molecule has 1 aliphatic carbocycles. The van der Waals surface area contributed by atoms with Gasteiger partial charge in [-0.1, -0.05) is 36.4 Å². The minimum Gasteiger partial charge on any atom is -0.503 e. The normalized spacial score (nSPS) is 20.6. The summed E-state index contributed by atoms with van der Waals surface area (Å²) in [6.45, 7) is 0.445. The van der Waals surface area contributed by atoms with Crippen molar-refractivity contribution < 1.29 is 14.3 Å². The Morgan fingerprint density at radius 2 is 1.81 bits per heavy atom. The molecule has 3 aliphatic rings. The average Bonchev–Trinajstić information content (AvgIpc) is 3.56. The molecule has 1 fully saturated rings. The van der Waals surface area contributed by atoms with Crippen molar-refractivity contribution in [2.45, 2.75) is 29.5 Å². The zero-order valence-corrected chi connectivity index (χ0v) is 17.4. The molecular weight excluding hydrogens is 415 g/mol. The van der Waals surface area contributed by atoms with Gasteiger partial charge in [-0.05, 0) is 35.6 Å². The van der Waals surface area contributed by atoms with E-state index in [0.29, 0.717) is 30.0 Å². The summed E-state index contributed by atoms with van der Waals surface area (Å²) in [4.78, 5) is 26.0. The van der Waals surface area contributed by atoms with Gasteiger partial charge in [-0.3, -0.25) is 19.3 Å². The van der Waals surface area contributed by atoms with Crippen molar-refractivity contribution in [2.24, 2.45) is 5.41 Å². The van der Waals surface area contributed by atoms with Gasteiger partial charge in [0.15, 0.2) is 17.2 Å². The Balaban J connectivity index is 1.65. The molecule has 5 nitrogen and oxygen atoms in total. The smallest absolute Gasteiger partial charge is 0.224 e. The summed E-state index contributed by atoms with van der Waals surface area (Å²) in [5.74, 6) is -0.327. The number of aromatic nitrogens is 1. The fraction of sp³-hybridized carbons (Fsp3) is 0.250. The van der Waals surface area contributed by atoms with Crippen molar-refractivity contribution in [1.29, 1.82) is 0 Å². The van der Waals surface area contributed by atoms with Crippen LogP contribution in [0, 0.1) is 11.2 Å². The predicted octanol–water partition coefficient (Wildman–Crippen LogP) is 4.00. The topological polar surface area (TPSA) is 62.5 Å². The van der Waals surface area contributed by atoms with Crippen LogP contribution in [0.25, 0.3) is 0 Å². The van der Waals surface area contributed by atoms with E-state index in [1.165, 1.54) is 23.9 Å². The maximum absolute atomic E-state index is 14.9. The molecule has 1 aromatic heterocycles. The number of hydrogen-bond donors (Lipinski definition) is 1. The van der Waals surface area contributed by atoms with Gasteiger partial charge < -0.3 is 5.11 Å². The van der Waals surface area contributed by atoms with E-state index in [4.69, 9.17) is 0 Å². The maximum atomic E-state index is 14.9. The Bertz CT molecular complexity index is 1310. The van der Waals surface area contributed by atoms with Crippen LogP contribution in [0.15, 0.2) is 64.4 Å². The highest BCUT2D eigenvalue weighted by Gasteiger charge is 2.56. The van der Waals surface area contributed by atoms with Crippen LogP contribution in [0.4, 0.5) is 4.39 Å². The van der Waals surface area contributed by atoms with E-state index >= 15 is 0 Å². The number of carbonyl (C=O) groups excluding carboxylic acids is 1. The first-order valence-corrected chi connectivity index (χ1v) is 11.2. The van der Waals surface area contributed by atoms with E-state index in [0.717, 1.165) is 16.7 Å². The van der Waals surface area contributed by atoms with E-state index in [-0.39, 0.29) is 23.3 Å². The van der Waals surface area contributed by atoms with Gasteiger partial charge in [0.25, 0.3) is 0 Å². The third kappa shape index (κ3) is 2.62.